The first-order valence-corrected chi connectivity index (χ1v) is 6.57. The van der Waals surface area contributed by atoms with Crippen LogP contribution in [0.3, 0.4) is 0 Å². The molecule has 0 aliphatic rings. The van der Waals surface area contributed by atoms with Crippen molar-refractivity contribution in [2.45, 2.75) is 33.2 Å². The van der Waals surface area contributed by atoms with E-state index < -0.39 is 6.04 Å². The number of nitrogens with one attached hydrogen (secondary N) is 1. The highest BCUT2D eigenvalue weighted by Gasteiger charge is 2.19. The molecule has 0 bridgehead atoms. The lowest BCUT2D eigenvalue weighted by Crippen LogP contribution is -2.40. The zero-order valence-electron chi connectivity index (χ0n) is 10.5. The lowest BCUT2D eigenvalue weighted by molar-refractivity contribution is -0.118. The molecule has 0 radical (unpaired) electrons. The molecule has 0 fully saturated rings. The summed E-state index contributed by atoms with van der Waals surface area (Å²) in [4.78, 5) is 11.9. The molecular weight excluding hydrogens is 280 g/mol. The fraction of sp³-hybridized carbons (Fsp3) is 0.462. The summed E-state index contributed by atoms with van der Waals surface area (Å²) in [7, 11) is 0. The second kappa shape index (κ2) is 6.17. The third kappa shape index (κ3) is 4.13. The minimum atomic E-state index is -0.459. The summed E-state index contributed by atoms with van der Waals surface area (Å²) in [5.41, 5.74) is 7.74. The van der Waals surface area contributed by atoms with E-state index in [4.69, 9.17) is 5.73 Å². The van der Waals surface area contributed by atoms with Crippen molar-refractivity contribution in [2.75, 3.05) is 5.32 Å². The van der Waals surface area contributed by atoms with E-state index in [0.29, 0.717) is 0 Å². The molecule has 94 valence electrons. The van der Waals surface area contributed by atoms with Gasteiger partial charge >= 0.3 is 0 Å². The van der Waals surface area contributed by atoms with Crippen molar-refractivity contribution in [2.24, 2.45) is 11.7 Å². The van der Waals surface area contributed by atoms with Crippen LogP contribution < -0.4 is 11.1 Å². The van der Waals surface area contributed by atoms with Crippen molar-refractivity contribution in [3.05, 3.63) is 28.2 Å². The number of hydrogen-bond donors (Lipinski definition) is 2. The average molecular weight is 299 g/mol. The number of carbonyl (C=O) groups excluding carboxylic acids is 1. The molecule has 3 nitrogen and oxygen atoms in total. The molecule has 1 aromatic carbocycles. The first-order valence-electron chi connectivity index (χ1n) is 5.77. The summed E-state index contributed by atoms with van der Waals surface area (Å²) in [6, 6.07) is 5.32. The summed E-state index contributed by atoms with van der Waals surface area (Å²) in [6.45, 7) is 5.99. The Morgan fingerprint density at radius 2 is 2.12 bits per heavy atom. The highest BCUT2D eigenvalue weighted by Crippen LogP contribution is 2.19. The van der Waals surface area contributed by atoms with E-state index in [9.17, 15) is 4.79 Å². The van der Waals surface area contributed by atoms with E-state index >= 15 is 0 Å². The predicted octanol–water partition coefficient (Wildman–Crippen LogP) is 3.07. The minimum Gasteiger partial charge on any atom is -0.325 e. The van der Waals surface area contributed by atoms with Gasteiger partial charge in [0.15, 0.2) is 0 Å². The van der Waals surface area contributed by atoms with E-state index in [0.717, 1.165) is 22.1 Å². The highest BCUT2D eigenvalue weighted by molar-refractivity contribution is 9.10. The molecule has 0 spiro atoms. The van der Waals surface area contributed by atoms with E-state index in [1.165, 1.54) is 0 Å². The summed E-state index contributed by atoms with van der Waals surface area (Å²) >= 11 is 3.40. The van der Waals surface area contributed by atoms with Crippen LogP contribution >= 0.6 is 15.9 Å². The van der Waals surface area contributed by atoms with Gasteiger partial charge in [0.25, 0.3) is 0 Å². The minimum absolute atomic E-state index is 0.128. The first-order chi connectivity index (χ1) is 7.93. The number of anilines is 1. The van der Waals surface area contributed by atoms with Crippen molar-refractivity contribution in [3.63, 3.8) is 0 Å². The monoisotopic (exact) mass is 298 g/mol. The number of carbonyl (C=O) groups is 1. The largest absolute Gasteiger partial charge is 0.325 e. The molecule has 3 N–H and O–H groups in total. The maximum absolute atomic E-state index is 11.9. The number of hydrogen-bond acceptors (Lipinski definition) is 2. The van der Waals surface area contributed by atoms with Crippen LogP contribution in [0.2, 0.25) is 0 Å². The summed E-state index contributed by atoms with van der Waals surface area (Å²) in [6.07, 6.45) is 0.895. The molecule has 4 heteroatoms. The van der Waals surface area contributed by atoms with Crippen molar-refractivity contribution in [3.8, 4) is 0 Å². The molecule has 0 saturated carbocycles. The zero-order valence-corrected chi connectivity index (χ0v) is 12.0. The fourth-order valence-corrected chi connectivity index (χ4v) is 2.15. The smallest absolute Gasteiger partial charge is 0.241 e. The second-order valence-electron chi connectivity index (χ2n) is 4.42. The second-order valence-corrected chi connectivity index (χ2v) is 5.33. The number of nitrogens with two attached hydrogens (primary N) is 1. The van der Waals surface area contributed by atoms with Crippen molar-refractivity contribution >= 4 is 27.5 Å². The predicted molar refractivity (Wildman–Crippen MR) is 74.9 cm³/mol. The summed E-state index contributed by atoms with van der Waals surface area (Å²) < 4.78 is 0.949. The Hall–Kier alpha value is -0.870. The third-order valence-electron chi connectivity index (χ3n) is 2.87. The van der Waals surface area contributed by atoms with Gasteiger partial charge in [-0.15, -0.1) is 0 Å². The quantitative estimate of drug-likeness (QED) is 0.897. The highest BCUT2D eigenvalue weighted by atomic mass is 79.9. The Morgan fingerprint density at radius 3 is 2.65 bits per heavy atom. The molecule has 2 atom stereocenters. The van der Waals surface area contributed by atoms with Gasteiger partial charge in [-0.25, -0.2) is 0 Å². The molecule has 0 heterocycles. The molecule has 0 aliphatic heterocycles. The van der Waals surface area contributed by atoms with Crippen LogP contribution in [-0.4, -0.2) is 11.9 Å². The lowest BCUT2D eigenvalue weighted by atomic mass is 9.99. The van der Waals surface area contributed by atoms with Gasteiger partial charge < -0.3 is 11.1 Å². The Morgan fingerprint density at radius 1 is 1.47 bits per heavy atom. The van der Waals surface area contributed by atoms with Gasteiger partial charge in [-0.05, 0) is 36.6 Å². The maximum Gasteiger partial charge on any atom is 0.241 e. The van der Waals surface area contributed by atoms with Crippen molar-refractivity contribution < 1.29 is 4.79 Å². The molecular formula is C13H19BrN2O. The summed E-state index contributed by atoms with van der Waals surface area (Å²) in [5, 5.41) is 2.84. The normalized spacial score (nSPS) is 14.2. The van der Waals surface area contributed by atoms with Crippen molar-refractivity contribution in [1.82, 2.24) is 0 Å². The van der Waals surface area contributed by atoms with Gasteiger partial charge in [-0.2, -0.15) is 0 Å². The van der Waals surface area contributed by atoms with Gasteiger partial charge in [-0.1, -0.05) is 36.2 Å². The molecule has 0 saturated heterocycles. The number of halogens is 1. The van der Waals surface area contributed by atoms with Gasteiger partial charge in [-0.3, -0.25) is 4.79 Å². The molecule has 0 aromatic heterocycles. The third-order valence-corrected chi connectivity index (χ3v) is 3.33. The van der Waals surface area contributed by atoms with E-state index in [2.05, 4.69) is 21.2 Å². The van der Waals surface area contributed by atoms with E-state index in [1.54, 1.807) is 0 Å². The number of benzene rings is 1. The van der Waals surface area contributed by atoms with Gasteiger partial charge in [0, 0.05) is 10.2 Å². The van der Waals surface area contributed by atoms with Crippen LogP contribution in [-0.2, 0) is 4.79 Å². The molecule has 17 heavy (non-hydrogen) atoms. The Bertz CT molecular complexity index is 386. The number of aryl methyl sites for hydroxylation is 1. The number of amides is 1. The Balaban J connectivity index is 2.74. The number of rotatable bonds is 4. The maximum atomic E-state index is 11.9. The van der Waals surface area contributed by atoms with Gasteiger partial charge in [0.2, 0.25) is 5.91 Å². The Kier molecular flexibility index (Phi) is 5.15. The topological polar surface area (TPSA) is 55.1 Å². The van der Waals surface area contributed by atoms with Crippen LogP contribution in [0.5, 0.6) is 0 Å². The van der Waals surface area contributed by atoms with Crippen LogP contribution in [0, 0.1) is 12.8 Å². The zero-order chi connectivity index (χ0) is 13.0. The first kappa shape index (κ1) is 14.2. The van der Waals surface area contributed by atoms with Crippen LogP contribution in [0.1, 0.15) is 25.8 Å². The average Bonchev–Trinajstić information content (AvgIpc) is 2.25. The standard InChI is InChI=1S/C13H19BrN2O/c1-4-9(3)12(15)13(17)16-11-6-8(2)5-10(14)7-11/h5-7,9,12H,4,15H2,1-3H3,(H,16,17). The van der Waals surface area contributed by atoms with Crippen molar-refractivity contribution in [1.29, 1.82) is 0 Å². The van der Waals surface area contributed by atoms with Gasteiger partial charge in [0.05, 0.1) is 6.04 Å². The molecule has 2 unspecified atom stereocenters. The molecule has 1 amide bonds. The van der Waals surface area contributed by atoms with Crippen LogP contribution in [0.25, 0.3) is 0 Å². The fourth-order valence-electron chi connectivity index (χ4n) is 1.55. The SMILES string of the molecule is CCC(C)C(N)C(=O)Nc1cc(C)cc(Br)c1. The van der Waals surface area contributed by atoms with Gasteiger partial charge in [0.1, 0.15) is 0 Å². The van der Waals surface area contributed by atoms with E-state index in [-0.39, 0.29) is 11.8 Å². The molecule has 0 aliphatic carbocycles. The van der Waals surface area contributed by atoms with Crippen LogP contribution in [0.15, 0.2) is 22.7 Å². The molecule has 1 rings (SSSR count). The van der Waals surface area contributed by atoms with E-state index in [1.807, 2.05) is 39.0 Å². The lowest BCUT2D eigenvalue weighted by Gasteiger charge is -2.18. The Labute approximate surface area is 111 Å². The molecule has 1 aromatic rings. The van der Waals surface area contributed by atoms with Crippen LogP contribution in [0.4, 0.5) is 5.69 Å². The summed E-state index contributed by atoms with van der Waals surface area (Å²) in [5.74, 6) is 0.0556.